The van der Waals surface area contributed by atoms with Crippen molar-refractivity contribution in [1.29, 1.82) is 0 Å². The Balaban J connectivity index is 0.000000207. The van der Waals surface area contributed by atoms with Crippen molar-refractivity contribution in [2.75, 3.05) is 0 Å². The van der Waals surface area contributed by atoms with E-state index in [0.717, 1.165) is 0 Å². The number of hydrogen-bond acceptors (Lipinski definition) is 0. The molecule has 0 spiro atoms. The zero-order valence-electron chi connectivity index (χ0n) is 34.2. The molecular formula is C54H52SiZr-4. The Labute approximate surface area is 352 Å². The third-order valence-electron chi connectivity index (χ3n) is 10.6. The van der Waals surface area contributed by atoms with Crippen LogP contribution in [0.15, 0.2) is 164 Å². The molecule has 0 amide bonds. The first-order chi connectivity index (χ1) is 26.1. The fourth-order valence-corrected chi connectivity index (χ4v) is 7.78. The van der Waals surface area contributed by atoms with Gasteiger partial charge in [-0.05, 0) is 55.1 Å². The van der Waals surface area contributed by atoms with Crippen LogP contribution in [0.5, 0.6) is 0 Å². The Bertz CT molecular complexity index is 2700. The molecule has 0 heterocycles. The monoisotopic (exact) mass is 818 g/mol. The molecule has 0 unspecified atom stereocenters. The van der Waals surface area contributed by atoms with Gasteiger partial charge in [0.05, 0.1) is 0 Å². The van der Waals surface area contributed by atoms with Crippen molar-refractivity contribution in [3.63, 3.8) is 0 Å². The fourth-order valence-electron chi connectivity index (χ4n) is 7.78. The van der Waals surface area contributed by atoms with Gasteiger partial charge in [-0.15, -0.1) is 63.0 Å². The summed E-state index contributed by atoms with van der Waals surface area (Å²) in [5, 5.41) is 10.5. The summed E-state index contributed by atoms with van der Waals surface area (Å²) < 4.78 is 0. The third-order valence-corrected chi connectivity index (χ3v) is 10.6. The van der Waals surface area contributed by atoms with Crippen molar-refractivity contribution in [2.45, 2.75) is 52.9 Å². The van der Waals surface area contributed by atoms with Gasteiger partial charge in [0, 0.05) is 0 Å². The summed E-state index contributed by atoms with van der Waals surface area (Å²) in [6.45, 7) is 16.5. The van der Waals surface area contributed by atoms with E-state index in [-0.39, 0.29) is 20.3 Å². The minimum absolute atomic E-state index is 0. The molecule has 9 rings (SSSR count). The Morgan fingerprint density at radius 2 is 1.00 bits per heavy atom. The van der Waals surface area contributed by atoms with Gasteiger partial charge in [-0.3, -0.25) is 0 Å². The molecule has 0 fully saturated rings. The fraction of sp³-hybridized carbons (Fsp3) is 0.148. The Morgan fingerprint density at radius 1 is 0.482 bits per heavy atom. The SMILES string of the molecule is CC(C)c1cc2c(-c3ccc(C(C)(C)C)cc3)cccc2[cH-]1.Cc1cc2c(-c3cccc4ccccc34)cc(-c3cccc4ccccc34)cc2[cH-]1.[CH3-].[CH3-].[Si]=[Zr]. The van der Waals surface area contributed by atoms with E-state index in [1.165, 1.54) is 116 Å². The van der Waals surface area contributed by atoms with Crippen LogP contribution in [-0.2, 0) is 28.8 Å². The van der Waals surface area contributed by atoms with E-state index in [0.29, 0.717) is 5.92 Å². The zero-order valence-corrected chi connectivity index (χ0v) is 37.6. The van der Waals surface area contributed by atoms with Crippen LogP contribution in [0, 0.1) is 21.8 Å². The zero-order chi connectivity index (χ0) is 38.0. The standard InChI is InChI=1S/C30H21.C22H25.2CH3.Si.Zr/c1-20-16-23-18-24(27-14-6-10-21-8-2-4-12-25(21)27)19-30(29(23)17-20)28-15-7-11-22-9-3-5-13-26(22)28;1-15(2)18-13-17-7-6-8-20(21(17)14-18)16-9-11-19(12-10-16)22(3,4)5;;;;/h2-19H,1H3;6-15H,1-5H3;2*1H3;;/q4*-1;;. The van der Waals surface area contributed by atoms with Gasteiger partial charge in [0.15, 0.2) is 0 Å². The first-order valence-corrected chi connectivity index (χ1v) is 23.1. The molecule has 0 aliphatic heterocycles. The Hall–Kier alpha value is -4.62. The van der Waals surface area contributed by atoms with Crippen molar-refractivity contribution >= 4 is 50.0 Å². The molecule has 0 aliphatic carbocycles. The predicted molar refractivity (Wildman–Crippen MR) is 247 cm³/mol. The van der Waals surface area contributed by atoms with Crippen LogP contribution >= 0.6 is 0 Å². The average molecular weight is 820 g/mol. The van der Waals surface area contributed by atoms with E-state index in [9.17, 15) is 0 Å². The molecule has 0 bridgehead atoms. The average Bonchev–Trinajstić information content (AvgIpc) is 3.81. The summed E-state index contributed by atoms with van der Waals surface area (Å²) in [6.07, 6.45) is 0. The first-order valence-electron chi connectivity index (χ1n) is 18.9. The summed E-state index contributed by atoms with van der Waals surface area (Å²) in [5.74, 6) is 0.573. The topological polar surface area (TPSA) is 0 Å². The minimum atomic E-state index is 0. The molecule has 56 heavy (non-hydrogen) atoms. The summed E-state index contributed by atoms with van der Waals surface area (Å²) in [4.78, 5) is 0. The van der Waals surface area contributed by atoms with Crippen molar-refractivity contribution < 1.29 is 23.3 Å². The van der Waals surface area contributed by atoms with Gasteiger partial charge in [-0.25, -0.2) is 0 Å². The van der Waals surface area contributed by atoms with Crippen LogP contribution < -0.4 is 0 Å². The van der Waals surface area contributed by atoms with Gasteiger partial charge >= 0.3 is 30.2 Å². The molecule has 2 heteroatoms. The van der Waals surface area contributed by atoms with Crippen LogP contribution in [0.1, 0.15) is 57.2 Å². The molecule has 0 aliphatic rings. The second kappa shape index (κ2) is 18.1. The number of hydrogen-bond donors (Lipinski definition) is 0. The van der Waals surface area contributed by atoms with E-state index in [1.807, 2.05) is 0 Å². The van der Waals surface area contributed by atoms with Crippen molar-refractivity contribution in [1.82, 2.24) is 0 Å². The van der Waals surface area contributed by atoms with Gasteiger partial charge < -0.3 is 14.9 Å². The number of fused-ring (bicyclic) bond motifs is 4. The van der Waals surface area contributed by atoms with Gasteiger partial charge in [0.2, 0.25) is 0 Å². The summed E-state index contributed by atoms with van der Waals surface area (Å²) in [6, 6.07) is 60.2. The third kappa shape index (κ3) is 8.68. The molecule has 280 valence electrons. The van der Waals surface area contributed by atoms with Crippen LogP contribution in [-0.4, -0.2) is 6.88 Å². The summed E-state index contributed by atoms with van der Waals surface area (Å²) >= 11 is 1.36. The quantitative estimate of drug-likeness (QED) is 0.123. The van der Waals surface area contributed by atoms with Gasteiger partial charge in [-0.1, -0.05) is 180 Å². The second-order valence-corrected chi connectivity index (χ2v) is 15.7. The molecule has 0 aromatic heterocycles. The first kappa shape index (κ1) is 42.5. The van der Waals surface area contributed by atoms with Crippen molar-refractivity contribution in [3.8, 4) is 33.4 Å². The maximum atomic E-state index is 3.06. The van der Waals surface area contributed by atoms with Crippen LogP contribution in [0.25, 0.3) is 76.5 Å². The van der Waals surface area contributed by atoms with E-state index in [2.05, 4.69) is 212 Å². The molecule has 0 saturated heterocycles. The van der Waals surface area contributed by atoms with E-state index < -0.39 is 0 Å². The Kier molecular flexibility index (Phi) is 13.7. The number of benzene rings is 7. The van der Waals surface area contributed by atoms with E-state index in [4.69, 9.17) is 0 Å². The number of aryl methyl sites for hydroxylation is 1. The molecule has 0 nitrogen and oxygen atoms in total. The second-order valence-electron chi connectivity index (χ2n) is 15.7. The van der Waals surface area contributed by atoms with Gasteiger partial charge in [0.25, 0.3) is 0 Å². The molecular weight excluding hydrogens is 768 g/mol. The van der Waals surface area contributed by atoms with E-state index >= 15 is 0 Å². The number of rotatable bonds is 4. The molecule has 9 aromatic carbocycles. The molecule has 9 aromatic rings. The Morgan fingerprint density at radius 3 is 1.61 bits per heavy atom. The van der Waals surface area contributed by atoms with Crippen molar-refractivity contribution in [2.24, 2.45) is 0 Å². The molecule has 0 N–H and O–H groups in total. The normalized spacial score (nSPS) is 11.0. The van der Waals surface area contributed by atoms with E-state index in [1.54, 1.807) is 0 Å². The molecule has 0 atom stereocenters. The summed E-state index contributed by atoms with van der Waals surface area (Å²) in [5.41, 5.74) is 12.1. The van der Waals surface area contributed by atoms with Crippen LogP contribution in [0.3, 0.4) is 0 Å². The predicted octanol–water partition coefficient (Wildman–Crippen LogP) is 15.7. The van der Waals surface area contributed by atoms with Crippen molar-refractivity contribution in [3.05, 3.63) is 195 Å². The molecule has 0 saturated carbocycles. The van der Waals surface area contributed by atoms with Crippen LogP contribution in [0.4, 0.5) is 0 Å². The maximum absolute atomic E-state index is 3.06. The molecule has 2 radical (unpaired) electrons. The summed E-state index contributed by atoms with van der Waals surface area (Å²) in [7, 11) is 0. The van der Waals surface area contributed by atoms with Gasteiger partial charge in [0.1, 0.15) is 0 Å². The van der Waals surface area contributed by atoms with Gasteiger partial charge in [-0.2, -0.15) is 12.1 Å². The van der Waals surface area contributed by atoms with Crippen LogP contribution in [0.2, 0.25) is 0 Å².